The molecule has 1 saturated heterocycles. The van der Waals surface area contributed by atoms with Crippen LogP contribution in [-0.4, -0.2) is 43.7 Å². The Balaban J connectivity index is 1.27. The van der Waals surface area contributed by atoms with E-state index < -0.39 is 0 Å². The van der Waals surface area contributed by atoms with Gasteiger partial charge in [0.05, 0.1) is 11.6 Å². The maximum atomic E-state index is 12.9. The number of hydrogen-bond acceptors (Lipinski definition) is 7. The van der Waals surface area contributed by atoms with Crippen LogP contribution in [0.3, 0.4) is 0 Å². The van der Waals surface area contributed by atoms with Crippen molar-refractivity contribution in [2.45, 2.75) is 38.5 Å². The first-order valence-corrected chi connectivity index (χ1v) is 10.9. The third kappa shape index (κ3) is 3.87. The van der Waals surface area contributed by atoms with Crippen LogP contribution in [0.1, 0.15) is 36.3 Å². The smallest absolute Gasteiger partial charge is 0.231 e. The van der Waals surface area contributed by atoms with Crippen molar-refractivity contribution >= 4 is 28.2 Å². The molecule has 8 nitrogen and oxygen atoms in total. The van der Waals surface area contributed by atoms with Crippen LogP contribution in [0.4, 0.5) is 10.9 Å². The van der Waals surface area contributed by atoms with Crippen LogP contribution in [0.15, 0.2) is 30.9 Å². The molecule has 1 aliphatic carbocycles. The lowest BCUT2D eigenvalue weighted by atomic mass is 9.97. The summed E-state index contributed by atoms with van der Waals surface area (Å²) in [6.07, 6.45) is 11.5. The number of hydrogen-bond donors (Lipinski definition) is 1. The summed E-state index contributed by atoms with van der Waals surface area (Å²) in [5.74, 6) is 1.53. The molecule has 1 N–H and O–H groups in total. The van der Waals surface area contributed by atoms with Crippen molar-refractivity contribution < 1.29 is 4.79 Å². The van der Waals surface area contributed by atoms with Gasteiger partial charge in [0.15, 0.2) is 10.9 Å². The third-order valence-corrected chi connectivity index (χ3v) is 6.64. The molecule has 0 bridgehead atoms. The van der Waals surface area contributed by atoms with Crippen LogP contribution in [0.5, 0.6) is 0 Å². The van der Waals surface area contributed by atoms with E-state index in [1.54, 1.807) is 28.5 Å². The van der Waals surface area contributed by atoms with Gasteiger partial charge in [-0.15, -0.1) is 11.3 Å². The Labute approximate surface area is 173 Å². The molecule has 5 rings (SSSR count). The molecule has 1 amide bonds. The predicted octanol–water partition coefficient (Wildman–Crippen LogP) is 2.85. The minimum Gasteiger partial charge on any atom is -0.356 e. The monoisotopic (exact) mass is 409 g/mol. The van der Waals surface area contributed by atoms with Crippen LogP contribution in [-0.2, 0) is 17.6 Å². The van der Waals surface area contributed by atoms with Crippen molar-refractivity contribution in [1.82, 2.24) is 24.7 Å². The minimum absolute atomic E-state index is 0.0575. The predicted molar refractivity (Wildman–Crippen MR) is 111 cm³/mol. The van der Waals surface area contributed by atoms with Crippen LogP contribution < -0.4 is 10.2 Å². The zero-order chi connectivity index (χ0) is 19.6. The number of carbonyl (C=O) groups excluding carboxylic acids is 1. The van der Waals surface area contributed by atoms with Gasteiger partial charge < -0.3 is 10.2 Å². The van der Waals surface area contributed by atoms with Gasteiger partial charge in [-0.2, -0.15) is 5.10 Å². The minimum atomic E-state index is -0.0761. The van der Waals surface area contributed by atoms with Gasteiger partial charge in [0.25, 0.3) is 0 Å². The van der Waals surface area contributed by atoms with E-state index in [0.29, 0.717) is 6.54 Å². The molecule has 1 aliphatic heterocycles. The summed E-state index contributed by atoms with van der Waals surface area (Å²) < 4.78 is 1.71. The summed E-state index contributed by atoms with van der Waals surface area (Å²) in [7, 11) is 0. The Morgan fingerprint density at radius 3 is 2.93 bits per heavy atom. The van der Waals surface area contributed by atoms with Crippen LogP contribution in [0.25, 0.3) is 5.82 Å². The number of rotatable bonds is 4. The number of fused-ring (bicyclic) bond motifs is 1. The molecule has 0 radical (unpaired) electrons. The molecule has 0 aromatic carbocycles. The molecule has 2 aliphatic rings. The second-order valence-electron chi connectivity index (χ2n) is 7.56. The largest absolute Gasteiger partial charge is 0.356 e. The van der Waals surface area contributed by atoms with Gasteiger partial charge in [0.1, 0.15) is 12.1 Å². The second kappa shape index (κ2) is 7.90. The Hall–Kier alpha value is -2.81. The standard InChI is InChI=1S/C20H23N7OS/c28-19(25-20-24-15-6-1-2-7-16(15)29-20)14-5-3-9-26(12-14)17-11-18(22-13-21-17)27-10-4-8-23-27/h4,8,10-11,13-14H,1-3,5-7,9,12H2,(H,24,25,28). The van der Waals surface area contributed by atoms with E-state index in [1.807, 2.05) is 18.3 Å². The van der Waals surface area contributed by atoms with E-state index in [0.717, 1.165) is 49.0 Å². The summed E-state index contributed by atoms with van der Waals surface area (Å²) in [5, 5.41) is 8.05. The van der Waals surface area contributed by atoms with Crippen LogP contribution in [0.2, 0.25) is 0 Å². The summed E-state index contributed by atoms with van der Waals surface area (Å²) in [4.78, 5) is 29.8. The second-order valence-corrected chi connectivity index (χ2v) is 8.64. The first-order chi connectivity index (χ1) is 14.3. The maximum absolute atomic E-state index is 12.9. The number of thiazole rings is 1. The SMILES string of the molecule is O=C(Nc1nc2c(s1)CCCC2)C1CCCN(c2cc(-n3cccn3)ncn2)C1. The summed E-state index contributed by atoms with van der Waals surface area (Å²) >= 11 is 1.64. The van der Waals surface area contributed by atoms with E-state index in [-0.39, 0.29) is 11.8 Å². The fraction of sp³-hybridized carbons (Fsp3) is 0.450. The molecule has 0 spiro atoms. The number of amides is 1. The number of nitrogens with one attached hydrogen (secondary N) is 1. The van der Waals surface area contributed by atoms with Crippen LogP contribution >= 0.6 is 11.3 Å². The number of anilines is 2. The lowest BCUT2D eigenvalue weighted by molar-refractivity contribution is -0.120. The lowest BCUT2D eigenvalue weighted by Gasteiger charge is -2.32. The highest BCUT2D eigenvalue weighted by Gasteiger charge is 2.28. The quantitative estimate of drug-likeness (QED) is 0.713. The van der Waals surface area contributed by atoms with E-state index in [9.17, 15) is 4.79 Å². The number of aryl methyl sites for hydroxylation is 2. The highest BCUT2D eigenvalue weighted by Crippen LogP contribution is 2.30. The van der Waals surface area contributed by atoms with Crippen LogP contribution in [0, 0.1) is 5.92 Å². The van der Waals surface area contributed by atoms with Gasteiger partial charge in [-0.3, -0.25) is 4.79 Å². The van der Waals surface area contributed by atoms with Crippen molar-refractivity contribution in [1.29, 1.82) is 0 Å². The molecular formula is C20H23N7OS. The third-order valence-electron chi connectivity index (χ3n) is 5.57. The molecule has 150 valence electrons. The first-order valence-electron chi connectivity index (χ1n) is 10.1. The van der Waals surface area contributed by atoms with Gasteiger partial charge in [0.2, 0.25) is 5.91 Å². The summed E-state index contributed by atoms with van der Waals surface area (Å²) in [6.45, 7) is 1.53. The molecule has 29 heavy (non-hydrogen) atoms. The fourth-order valence-electron chi connectivity index (χ4n) is 4.05. The first kappa shape index (κ1) is 18.2. The molecule has 3 aromatic heterocycles. The van der Waals surface area contributed by atoms with Crippen molar-refractivity contribution in [2.75, 3.05) is 23.3 Å². The molecule has 1 unspecified atom stereocenters. The number of nitrogens with zero attached hydrogens (tertiary/aromatic N) is 6. The topological polar surface area (TPSA) is 88.8 Å². The Kier molecular flexibility index (Phi) is 4.97. The van der Waals surface area contributed by atoms with Gasteiger partial charge in [-0.1, -0.05) is 0 Å². The normalized spacial score (nSPS) is 19.0. The Morgan fingerprint density at radius 2 is 2.07 bits per heavy atom. The summed E-state index contributed by atoms with van der Waals surface area (Å²) in [5.41, 5.74) is 1.17. The number of piperidine rings is 1. The molecule has 1 atom stereocenters. The fourth-order valence-corrected chi connectivity index (χ4v) is 5.10. The van der Waals surface area contributed by atoms with E-state index in [4.69, 9.17) is 0 Å². The average molecular weight is 410 g/mol. The molecule has 3 aromatic rings. The van der Waals surface area contributed by atoms with Gasteiger partial charge in [-0.05, 0) is 44.6 Å². The van der Waals surface area contributed by atoms with Gasteiger partial charge >= 0.3 is 0 Å². The lowest BCUT2D eigenvalue weighted by Crippen LogP contribution is -2.41. The molecule has 0 saturated carbocycles. The summed E-state index contributed by atoms with van der Waals surface area (Å²) in [6, 6.07) is 3.78. The van der Waals surface area contributed by atoms with E-state index in [2.05, 4.69) is 30.3 Å². The number of carbonyl (C=O) groups is 1. The van der Waals surface area contributed by atoms with E-state index in [1.165, 1.54) is 23.4 Å². The van der Waals surface area contributed by atoms with E-state index >= 15 is 0 Å². The molecule has 4 heterocycles. The molecule has 9 heteroatoms. The molecular weight excluding hydrogens is 386 g/mol. The van der Waals surface area contributed by atoms with Crippen molar-refractivity contribution in [3.8, 4) is 5.82 Å². The Morgan fingerprint density at radius 1 is 1.17 bits per heavy atom. The molecule has 1 fully saturated rings. The highest BCUT2D eigenvalue weighted by atomic mass is 32.1. The Bertz CT molecular complexity index is 977. The van der Waals surface area contributed by atoms with Crippen molar-refractivity contribution in [2.24, 2.45) is 5.92 Å². The zero-order valence-electron chi connectivity index (χ0n) is 16.1. The highest BCUT2D eigenvalue weighted by molar-refractivity contribution is 7.15. The van der Waals surface area contributed by atoms with Gasteiger partial charge in [0, 0.05) is 36.4 Å². The van der Waals surface area contributed by atoms with Crippen molar-refractivity contribution in [3.63, 3.8) is 0 Å². The van der Waals surface area contributed by atoms with Crippen molar-refractivity contribution in [3.05, 3.63) is 41.4 Å². The number of aromatic nitrogens is 5. The van der Waals surface area contributed by atoms with Gasteiger partial charge in [-0.25, -0.2) is 19.6 Å². The zero-order valence-corrected chi connectivity index (χ0v) is 16.9. The average Bonchev–Trinajstić information content (AvgIpc) is 3.43. The maximum Gasteiger partial charge on any atom is 0.231 e.